The Morgan fingerprint density at radius 2 is 1.57 bits per heavy atom. The highest BCUT2D eigenvalue weighted by atomic mass is 16.7. The van der Waals surface area contributed by atoms with Gasteiger partial charge in [-0.05, 0) is 88.8 Å². The second-order valence-corrected chi connectivity index (χ2v) is 12.1. The van der Waals surface area contributed by atoms with Gasteiger partial charge < -0.3 is 38.6 Å². The highest BCUT2D eigenvalue weighted by Crippen LogP contribution is 2.39. The van der Waals surface area contributed by atoms with Crippen LogP contribution in [0, 0.1) is 0 Å². The summed E-state index contributed by atoms with van der Waals surface area (Å²) < 4.78 is 34.1. The van der Waals surface area contributed by atoms with Crippen molar-refractivity contribution in [3.63, 3.8) is 0 Å². The van der Waals surface area contributed by atoms with E-state index in [4.69, 9.17) is 28.4 Å². The van der Waals surface area contributed by atoms with Crippen molar-refractivity contribution in [2.45, 2.75) is 70.8 Å². The van der Waals surface area contributed by atoms with Gasteiger partial charge in [0.1, 0.15) is 11.1 Å². The number of hydrogen-bond donors (Lipinski definition) is 1. The van der Waals surface area contributed by atoms with Crippen molar-refractivity contribution in [1.29, 1.82) is 0 Å². The molecule has 0 saturated carbocycles. The predicted octanol–water partition coefficient (Wildman–Crippen LogP) is 4.91. The van der Waals surface area contributed by atoms with Crippen LogP contribution in [0.15, 0.2) is 30.3 Å². The monoisotopic (exact) mass is 556 g/mol. The maximum absolute atomic E-state index is 12.8. The van der Waals surface area contributed by atoms with Gasteiger partial charge >= 0.3 is 6.09 Å². The molecule has 2 aromatic carbocycles. The van der Waals surface area contributed by atoms with E-state index >= 15 is 0 Å². The van der Waals surface area contributed by atoms with E-state index in [0.29, 0.717) is 37.0 Å². The van der Waals surface area contributed by atoms with Crippen LogP contribution >= 0.6 is 0 Å². The number of nitrogens with one attached hydrogen (secondary N) is 1. The zero-order valence-corrected chi connectivity index (χ0v) is 25.1. The molecule has 1 N–H and O–H groups in total. The van der Waals surface area contributed by atoms with E-state index in [1.807, 2.05) is 46.8 Å². The molecule has 0 spiro atoms. The summed E-state index contributed by atoms with van der Waals surface area (Å²) in [5.74, 6) is 1.22. The third kappa shape index (κ3) is 7.12. The van der Waals surface area contributed by atoms with Crippen molar-refractivity contribution in [3.8, 4) is 17.2 Å². The molecule has 0 aromatic heterocycles. The summed E-state index contributed by atoms with van der Waals surface area (Å²) in [6, 6.07) is 10.7. The molecule has 2 heterocycles. The molecule has 2 aromatic rings. The van der Waals surface area contributed by atoms with Crippen molar-refractivity contribution < 1.29 is 33.2 Å². The second-order valence-electron chi connectivity index (χ2n) is 12.1. The topological polar surface area (TPSA) is 87.7 Å². The first-order chi connectivity index (χ1) is 18.9. The lowest BCUT2D eigenvalue weighted by molar-refractivity contribution is -0.269. The van der Waals surface area contributed by atoms with Gasteiger partial charge in [0.15, 0.2) is 17.3 Å². The van der Waals surface area contributed by atoms with Gasteiger partial charge in [-0.15, -0.1) is 0 Å². The van der Waals surface area contributed by atoms with E-state index in [2.05, 4.69) is 28.4 Å². The summed E-state index contributed by atoms with van der Waals surface area (Å²) in [4.78, 5) is 15.1. The van der Waals surface area contributed by atoms with Gasteiger partial charge in [0.25, 0.3) is 0 Å². The molecule has 4 rings (SSSR count). The van der Waals surface area contributed by atoms with Crippen LogP contribution in [0.4, 0.5) is 10.5 Å². The summed E-state index contributed by atoms with van der Waals surface area (Å²) >= 11 is 0. The number of carbonyl (C=O) groups excluding carboxylic acids is 1. The van der Waals surface area contributed by atoms with Gasteiger partial charge in [-0.1, -0.05) is 12.1 Å². The lowest BCUT2D eigenvalue weighted by atomic mass is 9.98. The fourth-order valence-electron chi connectivity index (χ4n) is 5.21. The van der Waals surface area contributed by atoms with E-state index in [9.17, 15) is 4.79 Å². The van der Waals surface area contributed by atoms with Crippen molar-refractivity contribution in [1.82, 2.24) is 5.32 Å². The SMILES string of the molecule is COc1cc(CCc2ccc3c(c2)CCN3CC2(NC(=O)OC(C)(C)C)COC(C)(C)OC2)cc(OC)c1OC. The molecule has 2 aliphatic rings. The number of benzene rings is 2. The molecule has 9 nitrogen and oxygen atoms in total. The van der Waals surface area contributed by atoms with Crippen LogP contribution in [0.1, 0.15) is 51.3 Å². The number of amides is 1. The zero-order chi connectivity index (χ0) is 29.1. The van der Waals surface area contributed by atoms with Crippen LogP contribution in [0.5, 0.6) is 17.2 Å². The van der Waals surface area contributed by atoms with Gasteiger partial charge in [0, 0.05) is 18.8 Å². The number of carbonyl (C=O) groups is 1. The predicted molar refractivity (Wildman–Crippen MR) is 154 cm³/mol. The van der Waals surface area contributed by atoms with Crippen LogP contribution < -0.4 is 24.4 Å². The number of nitrogens with zero attached hydrogens (tertiary/aromatic N) is 1. The fourth-order valence-corrected chi connectivity index (χ4v) is 5.21. The minimum absolute atomic E-state index is 0.331. The van der Waals surface area contributed by atoms with E-state index < -0.39 is 23.0 Å². The van der Waals surface area contributed by atoms with Gasteiger partial charge in [0.05, 0.1) is 34.5 Å². The quantitative estimate of drug-likeness (QED) is 0.467. The lowest BCUT2D eigenvalue weighted by Gasteiger charge is -2.45. The van der Waals surface area contributed by atoms with Crippen molar-refractivity contribution in [2.24, 2.45) is 0 Å². The average Bonchev–Trinajstić information content (AvgIpc) is 3.28. The van der Waals surface area contributed by atoms with Gasteiger partial charge in [0.2, 0.25) is 5.75 Å². The molecule has 0 atom stereocenters. The maximum Gasteiger partial charge on any atom is 0.408 e. The molecule has 1 saturated heterocycles. The Bertz CT molecular complexity index is 1170. The Kier molecular flexibility index (Phi) is 8.75. The Hall–Kier alpha value is -3.17. The van der Waals surface area contributed by atoms with E-state index in [1.165, 1.54) is 16.8 Å². The highest BCUT2D eigenvalue weighted by Gasteiger charge is 2.44. The molecule has 0 unspecified atom stereocenters. The number of rotatable bonds is 9. The highest BCUT2D eigenvalue weighted by molar-refractivity contribution is 5.69. The summed E-state index contributed by atoms with van der Waals surface area (Å²) in [5, 5.41) is 3.08. The van der Waals surface area contributed by atoms with Crippen LogP contribution in [0.2, 0.25) is 0 Å². The summed E-state index contributed by atoms with van der Waals surface area (Å²) in [6.07, 6.45) is 2.18. The molecule has 2 aliphatic heterocycles. The molecular weight excluding hydrogens is 512 g/mol. The molecular formula is C31H44N2O7. The number of hydrogen-bond acceptors (Lipinski definition) is 8. The molecule has 40 heavy (non-hydrogen) atoms. The summed E-state index contributed by atoms with van der Waals surface area (Å²) in [5.41, 5.74) is 3.53. The molecule has 0 radical (unpaired) electrons. The standard InChI is InChI=1S/C31H44N2O7/c1-29(2,3)40-28(34)32-31(19-38-30(4,5)39-20-31)18-33-14-13-23-15-21(11-12-24(23)33)9-10-22-16-25(35-6)27(37-8)26(17-22)36-7/h11-12,15-17H,9-10,13-14,18-20H2,1-8H3,(H,32,34). The Morgan fingerprint density at radius 1 is 0.950 bits per heavy atom. The van der Waals surface area contributed by atoms with Crippen LogP contribution in [-0.2, 0) is 33.5 Å². The molecule has 0 bridgehead atoms. The number of fused-ring (bicyclic) bond motifs is 1. The van der Waals surface area contributed by atoms with E-state index in [0.717, 1.165) is 31.4 Å². The van der Waals surface area contributed by atoms with Crippen molar-refractivity contribution in [2.75, 3.05) is 52.5 Å². The smallest absolute Gasteiger partial charge is 0.408 e. The molecule has 9 heteroatoms. The normalized spacial score (nSPS) is 17.6. The average molecular weight is 557 g/mol. The Morgan fingerprint density at radius 3 is 2.15 bits per heavy atom. The first kappa shape index (κ1) is 29.8. The lowest BCUT2D eigenvalue weighted by Crippen LogP contribution is -2.66. The molecule has 1 fully saturated rings. The number of anilines is 1. The number of ether oxygens (including phenoxy) is 6. The van der Waals surface area contributed by atoms with Crippen molar-refractivity contribution in [3.05, 3.63) is 47.0 Å². The third-order valence-corrected chi connectivity index (χ3v) is 7.21. The first-order valence-corrected chi connectivity index (χ1v) is 13.8. The van der Waals surface area contributed by atoms with Crippen LogP contribution in [-0.4, -0.2) is 70.7 Å². The third-order valence-electron chi connectivity index (χ3n) is 7.21. The van der Waals surface area contributed by atoms with E-state index in [-0.39, 0.29) is 0 Å². The minimum Gasteiger partial charge on any atom is -0.493 e. The Balaban J connectivity index is 1.47. The first-order valence-electron chi connectivity index (χ1n) is 13.8. The molecule has 1 amide bonds. The second kappa shape index (κ2) is 11.7. The fraction of sp³-hybridized carbons (Fsp3) is 0.581. The number of alkyl carbamates (subject to hydrolysis) is 1. The van der Waals surface area contributed by atoms with Gasteiger partial charge in [-0.3, -0.25) is 0 Å². The van der Waals surface area contributed by atoms with Crippen LogP contribution in [0.25, 0.3) is 0 Å². The summed E-state index contributed by atoms with van der Waals surface area (Å²) in [6.45, 7) is 11.4. The van der Waals surface area contributed by atoms with Gasteiger partial charge in [-0.25, -0.2) is 4.79 Å². The maximum atomic E-state index is 12.8. The number of methoxy groups -OCH3 is 3. The van der Waals surface area contributed by atoms with Gasteiger partial charge in [-0.2, -0.15) is 0 Å². The molecule has 0 aliphatic carbocycles. The Labute approximate surface area is 238 Å². The molecule has 220 valence electrons. The van der Waals surface area contributed by atoms with Crippen molar-refractivity contribution >= 4 is 11.8 Å². The number of aryl methyl sites for hydroxylation is 2. The minimum atomic E-state index is -0.732. The van der Waals surface area contributed by atoms with Crippen LogP contribution in [0.3, 0.4) is 0 Å². The van der Waals surface area contributed by atoms with E-state index in [1.54, 1.807) is 21.3 Å². The zero-order valence-electron chi connectivity index (χ0n) is 25.1. The largest absolute Gasteiger partial charge is 0.493 e. The summed E-state index contributed by atoms with van der Waals surface area (Å²) in [7, 11) is 4.87.